The lowest BCUT2D eigenvalue weighted by atomic mass is 10.2. The molecule has 3 nitrogen and oxygen atoms in total. The van der Waals surface area contributed by atoms with Crippen molar-refractivity contribution in [3.63, 3.8) is 0 Å². The number of hydrogen-bond donors (Lipinski definition) is 1. The van der Waals surface area contributed by atoms with Crippen molar-refractivity contribution in [3.05, 3.63) is 77.9 Å². The highest BCUT2D eigenvalue weighted by Crippen LogP contribution is 2.05. The summed E-state index contributed by atoms with van der Waals surface area (Å²) in [5.41, 5.74) is 2.30. The smallest absolute Gasteiger partial charge is 0.189 e. The molecule has 0 bridgehead atoms. The summed E-state index contributed by atoms with van der Waals surface area (Å²) < 4.78 is 0. The Morgan fingerprint density at radius 3 is 2.36 bits per heavy atom. The van der Waals surface area contributed by atoms with Crippen LogP contribution in [0.3, 0.4) is 0 Å². The second-order valence-electron chi connectivity index (χ2n) is 4.63. The highest BCUT2D eigenvalue weighted by molar-refractivity contribution is 7.80. The standard InChI is InChI=1S/C18H19N3S/c1-19-18(22)21(15-17-11-6-3-7-12-17)20-14-8-13-16-9-4-2-5-10-16/h2-14H,15H2,1H3,(H,19,22)/b13-8+,20-14+. The van der Waals surface area contributed by atoms with E-state index in [1.54, 1.807) is 18.3 Å². The Kier molecular flexibility index (Phi) is 6.33. The van der Waals surface area contributed by atoms with E-state index in [-0.39, 0.29) is 0 Å². The van der Waals surface area contributed by atoms with E-state index in [9.17, 15) is 0 Å². The lowest BCUT2D eigenvalue weighted by Crippen LogP contribution is -2.33. The Morgan fingerprint density at radius 1 is 1.09 bits per heavy atom. The summed E-state index contributed by atoms with van der Waals surface area (Å²) in [6, 6.07) is 20.2. The molecule has 2 aromatic carbocycles. The number of thiocarbonyl (C=S) groups is 1. The Bertz CT molecular complexity index is 636. The second-order valence-corrected chi connectivity index (χ2v) is 5.02. The molecular weight excluding hydrogens is 290 g/mol. The van der Waals surface area contributed by atoms with E-state index in [1.807, 2.05) is 60.7 Å². The van der Waals surface area contributed by atoms with Crippen LogP contribution in [0.5, 0.6) is 0 Å². The lowest BCUT2D eigenvalue weighted by Gasteiger charge is -2.19. The van der Waals surface area contributed by atoms with Gasteiger partial charge < -0.3 is 5.32 Å². The first kappa shape index (κ1) is 15.9. The first-order valence-electron chi connectivity index (χ1n) is 7.08. The first-order valence-corrected chi connectivity index (χ1v) is 7.49. The predicted octanol–water partition coefficient (Wildman–Crippen LogP) is 3.69. The highest BCUT2D eigenvalue weighted by atomic mass is 32.1. The van der Waals surface area contributed by atoms with Gasteiger partial charge in [-0.15, -0.1) is 0 Å². The molecule has 112 valence electrons. The average Bonchev–Trinajstić information content (AvgIpc) is 2.58. The molecule has 0 saturated heterocycles. The molecule has 2 rings (SSSR count). The number of nitrogens with one attached hydrogen (secondary N) is 1. The molecule has 0 aromatic heterocycles. The molecule has 22 heavy (non-hydrogen) atoms. The van der Waals surface area contributed by atoms with Crippen LogP contribution in [0.2, 0.25) is 0 Å². The van der Waals surface area contributed by atoms with Gasteiger partial charge in [-0.3, -0.25) is 0 Å². The number of nitrogens with zero attached hydrogens (tertiary/aromatic N) is 2. The molecule has 0 spiro atoms. The van der Waals surface area contributed by atoms with Gasteiger partial charge in [0.25, 0.3) is 0 Å². The third-order valence-electron chi connectivity index (χ3n) is 3.00. The first-order chi connectivity index (χ1) is 10.8. The molecule has 2 aromatic rings. The fraction of sp³-hybridized carbons (Fsp3) is 0.111. The maximum Gasteiger partial charge on any atom is 0.189 e. The summed E-state index contributed by atoms with van der Waals surface area (Å²) in [5, 5.41) is 9.74. The van der Waals surface area contributed by atoms with Gasteiger partial charge in [-0.1, -0.05) is 66.7 Å². The van der Waals surface area contributed by atoms with E-state index in [2.05, 4.69) is 22.6 Å². The lowest BCUT2D eigenvalue weighted by molar-refractivity contribution is 0.437. The number of rotatable bonds is 5. The summed E-state index contributed by atoms with van der Waals surface area (Å²) in [7, 11) is 1.80. The van der Waals surface area contributed by atoms with E-state index in [4.69, 9.17) is 12.2 Å². The van der Waals surface area contributed by atoms with Crippen molar-refractivity contribution in [2.45, 2.75) is 6.54 Å². The third kappa shape index (κ3) is 5.14. The monoisotopic (exact) mass is 309 g/mol. The normalized spacial score (nSPS) is 11.0. The van der Waals surface area contributed by atoms with Crippen LogP contribution in [0.15, 0.2) is 71.8 Å². The van der Waals surface area contributed by atoms with E-state index in [1.165, 1.54) is 0 Å². The Morgan fingerprint density at radius 2 is 1.73 bits per heavy atom. The van der Waals surface area contributed by atoms with Crippen molar-refractivity contribution in [1.29, 1.82) is 0 Å². The van der Waals surface area contributed by atoms with Crippen molar-refractivity contribution in [3.8, 4) is 0 Å². The average molecular weight is 309 g/mol. The molecule has 0 heterocycles. The molecule has 4 heteroatoms. The van der Waals surface area contributed by atoms with Gasteiger partial charge in [0.2, 0.25) is 0 Å². The maximum absolute atomic E-state index is 5.30. The van der Waals surface area contributed by atoms with Crippen molar-refractivity contribution in [1.82, 2.24) is 10.3 Å². The van der Waals surface area contributed by atoms with Crippen LogP contribution in [0.25, 0.3) is 6.08 Å². The summed E-state index contributed by atoms with van der Waals surface area (Å²) in [6.45, 7) is 0.635. The van der Waals surface area contributed by atoms with E-state index in [0.717, 1.165) is 11.1 Å². The van der Waals surface area contributed by atoms with Crippen LogP contribution in [0.1, 0.15) is 11.1 Å². The Balaban J connectivity index is 2.02. The summed E-state index contributed by atoms with van der Waals surface area (Å²) >= 11 is 5.30. The summed E-state index contributed by atoms with van der Waals surface area (Å²) in [4.78, 5) is 0. The van der Waals surface area contributed by atoms with E-state index in [0.29, 0.717) is 11.7 Å². The quantitative estimate of drug-likeness (QED) is 0.518. The van der Waals surface area contributed by atoms with Gasteiger partial charge in [-0.2, -0.15) is 5.10 Å². The second kappa shape index (κ2) is 8.74. The minimum atomic E-state index is 0.591. The molecule has 1 N–H and O–H groups in total. The van der Waals surface area contributed by atoms with Crippen molar-refractivity contribution < 1.29 is 0 Å². The van der Waals surface area contributed by atoms with Gasteiger partial charge in [0.05, 0.1) is 6.54 Å². The minimum Gasteiger partial charge on any atom is -0.364 e. The molecule has 0 aliphatic carbocycles. The van der Waals surface area contributed by atoms with Crippen LogP contribution >= 0.6 is 12.2 Å². The van der Waals surface area contributed by atoms with Gasteiger partial charge in [0.1, 0.15) is 0 Å². The largest absolute Gasteiger partial charge is 0.364 e. The zero-order valence-electron chi connectivity index (χ0n) is 12.5. The Hall–Kier alpha value is -2.46. The fourth-order valence-electron chi connectivity index (χ4n) is 1.89. The molecule has 0 fully saturated rings. The maximum atomic E-state index is 5.30. The number of hydrazone groups is 1. The fourth-order valence-corrected chi connectivity index (χ4v) is 2.00. The Labute approximate surface area is 137 Å². The zero-order valence-corrected chi connectivity index (χ0v) is 13.3. The number of benzene rings is 2. The van der Waals surface area contributed by atoms with E-state index < -0.39 is 0 Å². The molecule has 0 unspecified atom stereocenters. The zero-order chi connectivity index (χ0) is 15.6. The minimum absolute atomic E-state index is 0.591. The molecule has 0 aliphatic heterocycles. The summed E-state index contributed by atoms with van der Waals surface area (Å²) in [6.07, 6.45) is 5.66. The molecule has 0 saturated carbocycles. The van der Waals surface area contributed by atoms with Crippen molar-refractivity contribution >= 4 is 29.6 Å². The van der Waals surface area contributed by atoms with Crippen LogP contribution in [0, 0.1) is 0 Å². The number of hydrogen-bond acceptors (Lipinski definition) is 2. The SMILES string of the molecule is CNC(=S)N(Cc1ccccc1)/N=C/C=C/c1ccccc1. The van der Waals surface area contributed by atoms with Crippen molar-refractivity contribution in [2.24, 2.45) is 5.10 Å². The third-order valence-corrected chi connectivity index (χ3v) is 3.42. The van der Waals surface area contributed by atoms with Crippen LogP contribution in [-0.2, 0) is 6.54 Å². The topological polar surface area (TPSA) is 27.6 Å². The molecule has 0 amide bonds. The molecule has 0 atom stereocenters. The van der Waals surface area contributed by atoms with Crippen LogP contribution in [0.4, 0.5) is 0 Å². The molecule has 0 radical (unpaired) electrons. The highest BCUT2D eigenvalue weighted by Gasteiger charge is 2.06. The van der Waals surface area contributed by atoms with Crippen LogP contribution < -0.4 is 5.32 Å². The number of allylic oxidation sites excluding steroid dienone is 1. The summed E-state index contributed by atoms with van der Waals surface area (Å²) in [5.74, 6) is 0. The van der Waals surface area contributed by atoms with Crippen molar-refractivity contribution in [2.75, 3.05) is 7.05 Å². The van der Waals surface area contributed by atoms with Gasteiger partial charge in [0.15, 0.2) is 5.11 Å². The van der Waals surface area contributed by atoms with Crippen LogP contribution in [-0.4, -0.2) is 23.4 Å². The van der Waals surface area contributed by atoms with Gasteiger partial charge in [-0.25, -0.2) is 5.01 Å². The van der Waals surface area contributed by atoms with Gasteiger partial charge in [0, 0.05) is 13.3 Å². The van der Waals surface area contributed by atoms with Gasteiger partial charge >= 0.3 is 0 Å². The van der Waals surface area contributed by atoms with Gasteiger partial charge in [-0.05, 0) is 29.4 Å². The van der Waals surface area contributed by atoms with E-state index >= 15 is 0 Å². The molecule has 0 aliphatic rings. The molecular formula is C18H19N3S. The predicted molar refractivity (Wildman–Crippen MR) is 97.6 cm³/mol.